The summed E-state index contributed by atoms with van der Waals surface area (Å²) in [5.41, 5.74) is 13.6. The molecular weight excluding hydrogens is 488 g/mol. The number of aromatic amines is 1. The molecular formula is C27H42N6O5. The number of hydrogen-bond acceptors (Lipinski definition) is 6. The standard InChI is InChI=1S/C27H42N6O5/c1-15(2)22(32-24(34)19(29)13-17-14-30-20-10-6-5-9-18(17)20)26(36)31-21(11-7-8-12-28)25(35)33-23(16(3)4)27(37)38/h5-6,9-10,14-16,19,21-23,30H,7-8,11-13,28-29H2,1-4H3,(H,31,36)(H,32,34)(H,33,35)(H,37,38). The van der Waals surface area contributed by atoms with E-state index in [1.54, 1.807) is 27.7 Å². The molecule has 1 heterocycles. The molecule has 210 valence electrons. The van der Waals surface area contributed by atoms with Crippen LogP contribution in [0.25, 0.3) is 10.9 Å². The third-order valence-electron chi connectivity index (χ3n) is 6.51. The first-order valence-corrected chi connectivity index (χ1v) is 13.1. The fraction of sp³-hybridized carbons (Fsp3) is 0.556. The predicted molar refractivity (Wildman–Crippen MR) is 146 cm³/mol. The summed E-state index contributed by atoms with van der Waals surface area (Å²) in [5, 5.41) is 18.4. The summed E-state index contributed by atoms with van der Waals surface area (Å²) in [7, 11) is 0. The smallest absolute Gasteiger partial charge is 0.326 e. The summed E-state index contributed by atoms with van der Waals surface area (Å²) in [6, 6.07) is 3.78. The molecule has 11 heteroatoms. The number of nitrogens with two attached hydrogens (primary N) is 2. The van der Waals surface area contributed by atoms with Gasteiger partial charge in [0.1, 0.15) is 18.1 Å². The monoisotopic (exact) mass is 530 g/mol. The molecule has 9 N–H and O–H groups in total. The van der Waals surface area contributed by atoms with E-state index in [0.29, 0.717) is 19.4 Å². The zero-order valence-corrected chi connectivity index (χ0v) is 22.6. The minimum absolute atomic E-state index is 0.276. The second-order valence-electron chi connectivity index (χ2n) is 10.3. The quantitative estimate of drug-likeness (QED) is 0.167. The number of fused-ring (bicyclic) bond motifs is 1. The summed E-state index contributed by atoms with van der Waals surface area (Å²) < 4.78 is 0. The molecule has 0 saturated carbocycles. The van der Waals surface area contributed by atoms with Crippen molar-refractivity contribution in [2.75, 3.05) is 6.54 Å². The highest BCUT2D eigenvalue weighted by molar-refractivity contribution is 5.94. The fourth-order valence-electron chi connectivity index (χ4n) is 4.22. The fourth-order valence-corrected chi connectivity index (χ4v) is 4.22. The van der Waals surface area contributed by atoms with Crippen LogP contribution in [0.5, 0.6) is 0 Å². The molecule has 2 aromatic rings. The van der Waals surface area contributed by atoms with Crippen LogP contribution in [0.1, 0.15) is 52.5 Å². The average Bonchev–Trinajstić information content (AvgIpc) is 3.26. The molecule has 0 spiro atoms. The first-order chi connectivity index (χ1) is 18.0. The second kappa shape index (κ2) is 14.5. The van der Waals surface area contributed by atoms with Crippen LogP contribution in [0, 0.1) is 11.8 Å². The van der Waals surface area contributed by atoms with Crippen molar-refractivity contribution < 1.29 is 24.3 Å². The van der Waals surface area contributed by atoms with Gasteiger partial charge >= 0.3 is 5.97 Å². The molecule has 0 aliphatic carbocycles. The average molecular weight is 531 g/mol. The van der Waals surface area contributed by atoms with E-state index in [0.717, 1.165) is 16.5 Å². The second-order valence-corrected chi connectivity index (χ2v) is 10.3. The number of rotatable bonds is 15. The summed E-state index contributed by atoms with van der Waals surface area (Å²) in [5.74, 6) is -3.43. The van der Waals surface area contributed by atoms with Gasteiger partial charge in [-0.05, 0) is 55.7 Å². The largest absolute Gasteiger partial charge is 0.480 e. The number of carbonyl (C=O) groups excluding carboxylic acids is 3. The highest BCUT2D eigenvalue weighted by Crippen LogP contribution is 2.19. The summed E-state index contributed by atoms with van der Waals surface area (Å²) in [6.07, 6.45) is 3.56. The topological polar surface area (TPSA) is 192 Å². The van der Waals surface area contributed by atoms with Crippen LogP contribution in [0.3, 0.4) is 0 Å². The number of benzene rings is 1. The maximum absolute atomic E-state index is 13.2. The van der Waals surface area contributed by atoms with E-state index in [-0.39, 0.29) is 24.7 Å². The van der Waals surface area contributed by atoms with E-state index in [1.807, 2.05) is 30.5 Å². The Bertz CT molecular complexity index is 1100. The van der Waals surface area contributed by atoms with E-state index < -0.39 is 47.9 Å². The van der Waals surface area contributed by atoms with Crippen molar-refractivity contribution in [3.63, 3.8) is 0 Å². The number of aliphatic carboxylic acids is 1. The van der Waals surface area contributed by atoms with E-state index in [2.05, 4.69) is 20.9 Å². The number of carboxylic acids is 1. The first-order valence-electron chi connectivity index (χ1n) is 13.1. The number of para-hydroxylation sites is 1. The summed E-state index contributed by atoms with van der Waals surface area (Å²) in [4.78, 5) is 53.9. The van der Waals surface area contributed by atoms with Gasteiger partial charge in [-0.25, -0.2) is 4.79 Å². The van der Waals surface area contributed by atoms with Crippen LogP contribution in [-0.4, -0.2) is 64.5 Å². The number of carboxylic acid groups (broad SMARTS) is 1. The zero-order chi connectivity index (χ0) is 28.4. The van der Waals surface area contributed by atoms with Crippen LogP contribution in [0.4, 0.5) is 0 Å². The number of nitrogens with one attached hydrogen (secondary N) is 4. The molecule has 0 aliphatic heterocycles. The lowest BCUT2D eigenvalue weighted by molar-refractivity contribution is -0.143. The van der Waals surface area contributed by atoms with Crippen LogP contribution in [0.15, 0.2) is 30.5 Å². The Morgan fingerprint density at radius 3 is 2.13 bits per heavy atom. The van der Waals surface area contributed by atoms with E-state index in [1.165, 1.54) is 0 Å². The lowest BCUT2D eigenvalue weighted by Gasteiger charge is -2.27. The van der Waals surface area contributed by atoms with Crippen molar-refractivity contribution in [1.82, 2.24) is 20.9 Å². The summed E-state index contributed by atoms with van der Waals surface area (Å²) >= 11 is 0. The predicted octanol–water partition coefficient (Wildman–Crippen LogP) is 1.02. The molecule has 0 fully saturated rings. The van der Waals surface area contributed by atoms with E-state index in [9.17, 15) is 24.3 Å². The number of amides is 3. The molecule has 0 bridgehead atoms. The normalized spacial score (nSPS) is 14.6. The molecule has 0 aliphatic rings. The van der Waals surface area contributed by atoms with Crippen molar-refractivity contribution in [2.24, 2.45) is 23.3 Å². The van der Waals surface area contributed by atoms with E-state index in [4.69, 9.17) is 11.5 Å². The molecule has 4 atom stereocenters. The van der Waals surface area contributed by atoms with Gasteiger partial charge in [0.2, 0.25) is 17.7 Å². The number of aromatic nitrogens is 1. The number of hydrogen-bond donors (Lipinski definition) is 7. The highest BCUT2D eigenvalue weighted by atomic mass is 16.4. The van der Waals surface area contributed by atoms with Crippen molar-refractivity contribution >= 4 is 34.6 Å². The molecule has 38 heavy (non-hydrogen) atoms. The van der Waals surface area contributed by atoms with Crippen LogP contribution in [0.2, 0.25) is 0 Å². The van der Waals surface area contributed by atoms with Crippen molar-refractivity contribution in [2.45, 2.75) is 77.5 Å². The van der Waals surface area contributed by atoms with Crippen molar-refractivity contribution in [3.8, 4) is 0 Å². The molecule has 0 radical (unpaired) electrons. The van der Waals surface area contributed by atoms with Gasteiger partial charge in [-0.3, -0.25) is 14.4 Å². The molecule has 1 aromatic carbocycles. The highest BCUT2D eigenvalue weighted by Gasteiger charge is 2.32. The van der Waals surface area contributed by atoms with Gasteiger partial charge in [-0.2, -0.15) is 0 Å². The van der Waals surface area contributed by atoms with Gasteiger partial charge in [-0.1, -0.05) is 45.9 Å². The van der Waals surface area contributed by atoms with Gasteiger partial charge in [0, 0.05) is 17.1 Å². The Morgan fingerprint density at radius 2 is 1.53 bits per heavy atom. The zero-order valence-electron chi connectivity index (χ0n) is 22.6. The van der Waals surface area contributed by atoms with Crippen LogP contribution >= 0.6 is 0 Å². The maximum Gasteiger partial charge on any atom is 0.326 e. The van der Waals surface area contributed by atoms with Gasteiger partial charge < -0.3 is 37.5 Å². The van der Waals surface area contributed by atoms with Gasteiger partial charge in [0.15, 0.2) is 0 Å². The number of H-pyrrole nitrogens is 1. The number of unbranched alkanes of at least 4 members (excludes halogenated alkanes) is 1. The van der Waals surface area contributed by atoms with Gasteiger partial charge in [0.05, 0.1) is 6.04 Å². The Balaban J connectivity index is 2.10. The minimum Gasteiger partial charge on any atom is -0.480 e. The summed E-state index contributed by atoms with van der Waals surface area (Å²) in [6.45, 7) is 7.34. The third kappa shape index (κ3) is 8.56. The molecule has 1 aromatic heterocycles. The number of carbonyl (C=O) groups is 4. The van der Waals surface area contributed by atoms with Crippen LogP contribution < -0.4 is 27.4 Å². The molecule has 3 amide bonds. The van der Waals surface area contributed by atoms with Gasteiger partial charge in [-0.15, -0.1) is 0 Å². The molecule has 11 nitrogen and oxygen atoms in total. The lowest BCUT2D eigenvalue weighted by atomic mass is 9.99. The molecule has 0 saturated heterocycles. The lowest BCUT2D eigenvalue weighted by Crippen LogP contribution is -2.59. The van der Waals surface area contributed by atoms with Crippen molar-refractivity contribution in [1.29, 1.82) is 0 Å². The Kier molecular flexibility index (Phi) is 11.7. The maximum atomic E-state index is 13.2. The van der Waals surface area contributed by atoms with E-state index >= 15 is 0 Å². The minimum atomic E-state index is -1.16. The first kappa shape index (κ1) is 30.8. The molecule has 4 unspecified atom stereocenters. The Morgan fingerprint density at radius 1 is 0.895 bits per heavy atom. The Hall–Kier alpha value is -3.44. The van der Waals surface area contributed by atoms with Gasteiger partial charge in [0.25, 0.3) is 0 Å². The van der Waals surface area contributed by atoms with Crippen LogP contribution in [-0.2, 0) is 25.6 Å². The Labute approximate surface area is 223 Å². The third-order valence-corrected chi connectivity index (χ3v) is 6.51. The molecule has 2 rings (SSSR count). The SMILES string of the molecule is CC(C)C(NC(=O)C(CCCCN)NC(=O)C(NC(=O)C(N)Cc1c[nH]c2ccccc12)C(C)C)C(=O)O. The van der Waals surface area contributed by atoms with Crippen molar-refractivity contribution in [3.05, 3.63) is 36.0 Å².